The van der Waals surface area contributed by atoms with Crippen molar-refractivity contribution in [3.05, 3.63) is 63.7 Å². The van der Waals surface area contributed by atoms with Crippen LogP contribution in [-0.2, 0) is 11.3 Å². The summed E-state index contributed by atoms with van der Waals surface area (Å²) >= 11 is 2.91. The van der Waals surface area contributed by atoms with Crippen molar-refractivity contribution in [2.24, 2.45) is 0 Å². The molecule has 0 saturated heterocycles. The predicted molar refractivity (Wildman–Crippen MR) is 99.7 cm³/mol. The number of thiazole rings is 1. The first kappa shape index (κ1) is 16.4. The van der Waals surface area contributed by atoms with E-state index in [4.69, 9.17) is 0 Å². The smallest absolute Gasteiger partial charge is 0.300 e. The third-order valence-electron chi connectivity index (χ3n) is 3.46. The van der Waals surface area contributed by atoms with Crippen molar-refractivity contribution < 1.29 is 4.79 Å². The van der Waals surface area contributed by atoms with Crippen LogP contribution < -0.4 is 11.0 Å². The first-order valence-corrected chi connectivity index (χ1v) is 9.34. The highest BCUT2D eigenvalue weighted by atomic mass is 32.1. The van der Waals surface area contributed by atoms with Gasteiger partial charge in [0.25, 0.3) is 0 Å². The summed E-state index contributed by atoms with van der Waals surface area (Å²) in [6, 6.07) is 12.8. The first-order valence-electron chi connectivity index (χ1n) is 7.58. The molecule has 0 unspecified atom stereocenters. The molecule has 10 heteroatoms. The molecule has 0 saturated carbocycles. The lowest BCUT2D eigenvalue weighted by Crippen LogP contribution is -2.29. The van der Waals surface area contributed by atoms with E-state index in [2.05, 4.69) is 20.7 Å². The Kier molecular flexibility index (Phi) is 4.42. The second-order valence-corrected chi connectivity index (χ2v) is 7.04. The van der Waals surface area contributed by atoms with Gasteiger partial charge in [0.1, 0.15) is 6.54 Å². The third kappa shape index (κ3) is 3.32. The van der Waals surface area contributed by atoms with E-state index in [9.17, 15) is 9.59 Å². The van der Waals surface area contributed by atoms with Crippen LogP contribution in [-0.4, -0.2) is 30.7 Å². The Labute approximate surface area is 155 Å². The van der Waals surface area contributed by atoms with E-state index in [1.54, 1.807) is 35.6 Å². The zero-order valence-corrected chi connectivity index (χ0v) is 14.9. The number of tetrazole rings is 1. The van der Waals surface area contributed by atoms with Crippen LogP contribution in [0.25, 0.3) is 16.3 Å². The predicted octanol–water partition coefficient (Wildman–Crippen LogP) is 2.25. The maximum absolute atomic E-state index is 12.3. The van der Waals surface area contributed by atoms with Crippen LogP contribution in [0.15, 0.2) is 58.0 Å². The highest BCUT2D eigenvalue weighted by Gasteiger charge is 2.14. The quantitative estimate of drug-likeness (QED) is 0.569. The molecule has 0 aliphatic carbocycles. The molecule has 8 nitrogen and oxygen atoms in total. The van der Waals surface area contributed by atoms with Gasteiger partial charge in [-0.25, -0.2) is 9.78 Å². The Hall–Kier alpha value is -3.11. The molecule has 0 spiro atoms. The lowest BCUT2D eigenvalue weighted by molar-refractivity contribution is -0.117. The number of rotatable bonds is 5. The Morgan fingerprint density at radius 2 is 1.92 bits per heavy atom. The van der Waals surface area contributed by atoms with Crippen LogP contribution in [0.2, 0.25) is 0 Å². The molecule has 0 aliphatic rings. The maximum Gasteiger partial charge on any atom is 0.368 e. The minimum atomic E-state index is -0.482. The van der Waals surface area contributed by atoms with Crippen LogP contribution in [0.1, 0.15) is 0 Å². The number of amides is 1. The minimum Gasteiger partial charge on any atom is -0.300 e. The van der Waals surface area contributed by atoms with Gasteiger partial charge in [-0.1, -0.05) is 24.3 Å². The molecule has 0 aliphatic heterocycles. The summed E-state index contributed by atoms with van der Waals surface area (Å²) in [4.78, 5) is 29.9. The number of hydrogen-bond donors (Lipinski definition) is 1. The molecule has 0 bridgehead atoms. The average Bonchev–Trinajstić information content (AvgIpc) is 3.38. The standard InChI is InChI=1S/C16H12N6O2S2/c23-14(18-15-17-12(10-26-15)13-7-4-8-25-13)9-21-16(24)22(20-19-21)11-5-2-1-3-6-11/h1-8,10H,9H2,(H,17,18,23). The normalized spacial score (nSPS) is 10.8. The minimum absolute atomic E-state index is 0.237. The summed E-state index contributed by atoms with van der Waals surface area (Å²) in [6.45, 7) is -0.237. The molecule has 0 fully saturated rings. The lowest BCUT2D eigenvalue weighted by atomic mass is 10.3. The zero-order chi connectivity index (χ0) is 17.9. The van der Waals surface area contributed by atoms with E-state index >= 15 is 0 Å². The summed E-state index contributed by atoms with van der Waals surface area (Å²) in [5.74, 6) is -0.390. The van der Waals surface area contributed by atoms with Crippen molar-refractivity contribution in [2.45, 2.75) is 6.54 Å². The van der Waals surface area contributed by atoms with Gasteiger partial charge in [-0.3, -0.25) is 4.79 Å². The number of carbonyl (C=O) groups is 1. The van der Waals surface area contributed by atoms with Crippen molar-refractivity contribution in [1.29, 1.82) is 0 Å². The van der Waals surface area contributed by atoms with Crippen LogP contribution in [0.5, 0.6) is 0 Å². The van der Waals surface area contributed by atoms with Gasteiger partial charge in [0.2, 0.25) is 5.91 Å². The van der Waals surface area contributed by atoms with Gasteiger partial charge < -0.3 is 5.32 Å². The zero-order valence-electron chi connectivity index (χ0n) is 13.3. The average molecular weight is 384 g/mol. The van der Waals surface area contributed by atoms with E-state index < -0.39 is 5.69 Å². The third-order valence-corrected chi connectivity index (χ3v) is 5.11. The number of aromatic nitrogens is 5. The summed E-state index contributed by atoms with van der Waals surface area (Å²) in [5, 5.41) is 14.6. The molecular weight excluding hydrogens is 372 g/mol. The van der Waals surface area contributed by atoms with Crippen molar-refractivity contribution in [3.8, 4) is 16.3 Å². The molecule has 4 aromatic rings. The monoisotopic (exact) mass is 384 g/mol. The molecular formula is C16H12N6O2S2. The molecule has 1 N–H and O–H groups in total. The number of nitrogens with one attached hydrogen (secondary N) is 1. The fraction of sp³-hybridized carbons (Fsp3) is 0.0625. The molecule has 1 amide bonds. The molecule has 3 heterocycles. The Bertz CT molecular complexity index is 1080. The molecule has 130 valence electrons. The SMILES string of the molecule is O=C(Cn1nnn(-c2ccccc2)c1=O)Nc1nc(-c2cccs2)cs1. The highest BCUT2D eigenvalue weighted by molar-refractivity contribution is 7.16. The van der Waals surface area contributed by atoms with Crippen molar-refractivity contribution >= 4 is 33.7 Å². The molecule has 1 aromatic carbocycles. The van der Waals surface area contributed by atoms with Crippen LogP contribution in [0.4, 0.5) is 5.13 Å². The molecule has 0 radical (unpaired) electrons. The number of nitrogens with zero attached hydrogens (tertiary/aromatic N) is 5. The summed E-state index contributed by atoms with van der Waals surface area (Å²) in [6.07, 6.45) is 0. The number of thiophene rings is 1. The van der Waals surface area contributed by atoms with Crippen LogP contribution in [0.3, 0.4) is 0 Å². The number of hydrogen-bond acceptors (Lipinski definition) is 7. The lowest BCUT2D eigenvalue weighted by Gasteiger charge is -2.00. The van der Waals surface area contributed by atoms with E-state index in [1.165, 1.54) is 11.3 Å². The number of carbonyl (C=O) groups excluding carboxylic acids is 1. The number of benzene rings is 1. The summed E-state index contributed by atoms with van der Waals surface area (Å²) in [7, 11) is 0. The fourth-order valence-electron chi connectivity index (χ4n) is 2.27. The van der Waals surface area contributed by atoms with Gasteiger partial charge >= 0.3 is 5.69 Å². The van der Waals surface area contributed by atoms with Gasteiger partial charge in [-0.15, -0.1) is 22.7 Å². The molecule has 3 aromatic heterocycles. The largest absolute Gasteiger partial charge is 0.368 e. The topological polar surface area (TPSA) is 94.7 Å². The Balaban J connectivity index is 1.46. The number of para-hydroxylation sites is 1. The van der Waals surface area contributed by atoms with E-state index in [0.717, 1.165) is 19.9 Å². The van der Waals surface area contributed by atoms with Gasteiger partial charge in [-0.05, 0) is 34.0 Å². The van der Waals surface area contributed by atoms with Crippen molar-refractivity contribution in [3.63, 3.8) is 0 Å². The van der Waals surface area contributed by atoms with Gasteiger partial charge in [-0.2, -0.15) is 9.36 Å². The Morgan fingerprint density at radius 1 is 1.08 bits per heavy atom. The van der Waals surface area contributed by atoms with Gasteiger partial charge in [0.15, 0.2) is 5.13 Å². The molecule has 26 heavy (non-hydrogen) atoms. The van der Waals surface area contributed by atoms with E-state index in [1.807, 2.05) is 29.0 Å². The molecule has 0 atom stereocenters. The summed E-state index contributed by atoms with van der Waals surface area (Å²) in [5.41, 5.74) is 0.918. The first-order chi connectivity index (χ1) is 12.7. The second kappa shape index (κ2) is 7.02. The van der Waals surface area contributed by atoms with Crippen molar-refractivity contribution in [1.82, 2.24) is 24.8 Å². The second-order valence-electron chi connectivity index (χ2n) is 5.23. The highest BCUT2D eigenvalue weighted by Crippen LogP contribution is 2.28. The maximum atomic E-state index is 12.3. The van der Waals surface area contributed by atoms with Crippen LogP contribution >= 0.6 is 22.7 Å². The summed E-state index contributed by atoms with van der Waals surface area (Å²) < 4.78 is 2.15. The molecule has 4 rings (SSSR count). The number of anilines is 1. The van der Waals surface area contributed by atoms with E-state index in [0.29, 0.717) is 10.8 Å². The fourth-order valence-corrected chi connectivity index (χ4v) is 3.76. The van der Waals surface area contributed by atoms with Gasteiger partial charge in [0.05, 0.1) is 16.3 Å². The van der Waals surface area contributed by atoms with E-state index in [-0.39, 0.29) is 12.5 Å². The van der Waals surface area contributed by atoms with Crippen LogP contribution in [0, 0.1) is 0 Å². The van der Waals surface area contributed by atoms with Gasteiger partial charge in [0, 0.05) is 5.38 Å². The van der Waals surface area contributed by atoms with Crippen molar-refractivity contribution in [2.75, 3.05) is 5.32 Å². The Morgan fingerprint density at radius 3 is 2.69 bits per heavy atom.